The fraction of sp³-hybridized carbons (Fsp3) is 0.250. The lowest BCUT2D eigenvalue weighted by molar-refractivity contribution is -0.119. The molecular weight excluding hydrogens is 310 g/mol. The molecule has 3 aromatic heterocycles. The van der Waals surface area contributed by atoms with Crippen molar-refractivity contribution in [1.82, 2.24) is 20.3 Å². The zero-order valence-electron chi connectivity index (χ0n) is 12.7. The summed E-state index contributed by atoms with van der Waals surface area (Å²) in [6.45, 7) is 2.74. The molecule has 0 spiro atoms. The SMILES string of the molecule is CCc1cc2c(NCC(=O)NCc3cccnc3)ncnc2s1. The molecule has 0 aromatic carbocycles. The van der Waals surface area contributed by atoms with Crippen LogP contribution < -0.4 is 10.6 Å². The smallest absolute Gasteiger partial charge is 0.239 e. The Kier molecular flexibility index (Phi) is 4.77. The number of aryl methyl sites for hydroxylation is 1. The molecule has 0 aliphatic heterocycles. The predicted octanol–water partition coefficient (Wildman–Crippen LogP) is 2.38. The maximum atomic E-state index is 12.0. The second-order valence-corrected chi connectivity index (χ2v) is 6.11. The van der Waals surface area contributed by atoms with Crippen molar-refractivity contribution >= 4 is 33.3 Å². The van der Waals surface area contributed by atoms with Gasteiger partial charge in [-0.15, -0.1) is 11.3 Å². The number of nitrogens with one attached hydrogen (secondary N) is 2. The van der Waals surface area contributed by atoms with E-state index in [0.717, 1.165) is 22.2 Å². The molecule has 0 aliphatic rings. The van der Waals surface area contributed by atoms with E-state index in [2.05, 4.69) is 38.6 Å². The van der Waals surface area contributed by atoms with Gasteiger partial charge >= 0.3 is 0 Å². The van der Waals surface area contributed by atoms with Crippen molar-refractivity contribution in [3.63, 3.8) is 0 Å². The van der Waals surface area contributed by atoms with Crippen LogP contribution in [0.5, 0.6) is 0 Å². The highest BCUT2D eigenvalue weighted by molar-refractivity contribution is 7.18. The molecule has 6 nitrogen and oxygen atoms in total. The quantitative estimate of drug-likeness (QED) is 0.726. The summed E-state index contributed by atoms with van der Waals surface area (Å²) in [6.07, 6.45) is 5.93. The highest BCUT2D eigenvalue weighted by Crippen LogP contribution is 2.28. The fourth-order valence-electron chi connectivity index (χ4n) is 2.15. The summed E-state index contributed by atoms with van der Waals surface area (Å²) < 4.78 is 0. The molecule has 118 valence electrons. The van der Waals surface area contributed by atoms with E-state index < -0.39 is 0 Å². The number of rotatable bonds is 6. The van der Waals surface area contributed by atoms with Crippen LogP contribution in [-0.4, -0.2) is 27.4 Å². The van der Waals surface area contributed by atoms with Crippen LogP contribution in [0, 0.1) is 0 Å². The van der Waals surface area contributed by atoms with Crippen LogP contribution in [0.1, 0.15) is 17.4 Å². The van der Waals surface area contributed by atoms with Gasteiger partial charge in [-0.25, -0.2) is 9.97 Å². The van der Waals surface area contributed by atoms with E-state index >= 15 is 0 Å². The van der Waals surface area contributed by atoms with Crippen LogP contribution in [0.3, 0.4) is 0 Å². The van der Waals surface area contributed by atoms with Crippen LogP contribution in [0.15, 0.2) is 36.9 Å². The minimum atomic E-state index is -0.0911. The lowest BCUT2D eigenvalue weighted by atomic mass is 10.3. The Morgan fingerprint density at radius 2 is 2.26 bits per heavy atom. The number of amides is 1. The third kappa shape index (κ3) is 3.81. The molecule has 0 unspecified atom stereocenters. The lowest BCUT2D eigenvalue weighted by Gasteiger charge is -2.07. The molecule has 2 N–H and O–H groups in total. The summed E-state index contributed by atoms with van der Waals surface area (Å²) in [5, 5.41) is 6.91. The Bertz CT molecular complexity index is 803. The van der Waals surface area contributed by atoms with Crippen molar-refractivity contribution in [2.24, 2.45) is 0 Å². The second kappa shape index (κ2) is 7.15. The molecule has 0 atom stereocenters. The summed E-state index contributed by atoms with van der Waals surface area (Å²) >= 11 is 1.65. The third-order valence-corrected chi connectivity index (χ3v) is 4.55. The summed E-state index contributed by atoms with van der Waals surface area (Å²) in [5.74, 6) is 0.606. The van der Waals surface area contributed by atoms with Crippen molar-refractivity contribution in [3.05, 3.63) is 47.4 Å². The first-order valence-corrected chi connectivity index (χ1v) is 8.21. The third-order valence-electron chi connectivity index (χ3n) is 3.36. The van der Waals surface area contributed by atoms with Gasteiger partial charge in [0.25, 0.3) is 0 Å². The Labute approximate surface area is 138 Å². The first-order chi connectivity index (χ1) is 11.3. The van der Waals surface area contributed by atoms with E-state index in [-0.39, 0.29) is 12.5 Å². The standard InChI is InChI=1S/C16H17N5OS/c1-2-12-6-13-15(20-10-21-16(13)23-12)19-9-14(22)18-8-11-4-3-5-17-7-11/h3-7,10H,2,8-9H2,1H3,(H,18,22)(H,19,20,21). The van der Waals surface area contributed by atoms with Gasteiger partial charge in [0, 0.05) is 23.8 Å². The number of fused-ring (bicyclic) bond motifs is 1. The van der Waals surface area contributed by atoms with Crippen molar-refractivity contribution in [1.29, 1.82) is 0 Å². The van der Waals surface area contributed by atoms with Gasteiger partial charge in [0.1, 0.15) is 17.0 Å². The summed E-state index contributed by atoms with van der Waals surface area (Å²) in [6, 6.07) is 5.85. The molecular formula is C16H17N5OS. The molecule has 3 rings (SSSR count). The number of aromatic nitrogens is 3. The second-order valence-electron chi connectivity index (χ2n) is 5.00. The number of carbonyl (C=O) groups excluding carboxylic acids is 1. The zero-order valence-corrected chi connectivity index (χ0v) is 13.6. The van der Waals surface area contributed by atoms with Crippen molar-refractivity contribution < 1.29 is 4.79 Å². The average Bonchev–Trinajstić information content (AvgIpc) is 3.03. The van der Waals surface area contributed by atoms with Crippen LogP contribution in [-0.2, 0) is 17.8 Å². The molecule has 1 amide bonds. The number of pyridine rings is 1. The molecule has 0 radical (unpaired) electrons. The number of hydrogen-bond acceptors (Lipinski definition) is 6. The number of hydrogen-bond donors (Lipinski definition) is 2. The minimum Gasteiger partial charge on any atom is -0.360 e. The van der Waals surface area contributed by atoms with E-state index in [1.54, 1.807) is 23.7 Å². The highest BCUT2D eigenvalue weighted by atomic mass is 32.1. The molecule has 3 aromatic rings. The van der Waals surface area contributed by atoms with Crippen LogP contribution in [0.2, 0.25) is 0 Å². The van der Waals surface area contributed by atoms with Gasteiger partial charge in [0.05, 0.1) is 11.9 Å². The monoisotopic (exact) mass is 327 g/mol. The van der Waals surface area contributed by atoms with E-state index in [1.807, 2.05) is 12.1 Å². The predicted molar refractivity (Wildman–Crippen MR) is 91.4 cm³/mol. The van der Waals surface area contributed by atoms with Gasteiger partial charge < -0.3 is 10.6 Å². The Morgan fingerprint density at radius 3 is 3.04 bits per heavy atom. The topological polar surface area (TPSA) is 79.8 Å². The van der Waals surface area contributed by atoms with Gasteiger partial charge in [0.2, 0.25) is 5.91 Å². The Hall–Kier alpha value is -2.54. The molecule has 0 saturated heterocycles. The maximum absolute atomic E-state index is 12.0. The number of thiophene rings is 1. The van der Waals surface area contributed by atoms with Crippen molar-refractivity contribution in [2.45, 2.75) is 19.9 Å². The Balaban J connectivity index is 1.59. The van der Waals surface area contributed by atoms with E-state index in [4.69, 9.17) is 0 Å². The minimum absolute atomic E-state index is 0.0911. The molecule has 0 saturated carbocycles. The van der Waals surface area contributed by atoms with E-state index in [0.29, 0.717) is 12.4 Å². The maximum Gasteiger partial charge on any atom is 0.239 e. The average molecular weight is 327 g/mol. The van der Waals surface area contributed by atoms with Crippen molar-refractivity contribution in [3.8, 4) is 0 Å². The fourth-order valence-corrected chi connectivity index (χ4v) is 3.09. The van der Waals surface area contributed by atoms with Gasteiger partial charge in [-0.05, 0) is 24.1 Å². The molecule has 7 heteroatoms. The summed E-state index contributed by atoms with van der Waals surface area (Å²) in [7, 11) is 0. The molecule has 23 heavy (non-hydrogen) atoms. The largest absolute Gasteiger partial charge is 0.360 e. The number of carbonyl (C=O) groups is 1. The first kappa shape index (κ1) is 15.4. The van der Waals surface area contributed by atoms with E-state index in [1.165, 1.54) is 11.2 Å². The van der Waals surface area contributed by atoms with Gasteiger partial charge in [-0.3, -0.25) is 9.78 Å². The summed E-state index contributed by atoms with van der Waals surface area (Å²) in [4.78, 5) is 26.7. The number of anilines is 1. The molecule has 0 bridgehead atoms. The lowest BCUT2D eigenvalue weighted by Crippen LogP contribution is -2.29. The normalized spacial score (nSPS) is 10.7. The zero-order chi connectivity index (χ0) is 16.1. The van der Waals surface area contributed by atoms with Crippen LogP contribution >= 0.6 is 11.3 Å². The first-order valence-electron chi connectivity index (χ1n) is 7.39. The van der Waals surface area contributed by atoms with Gasteiger partial charge in [-0.2, -0.15) is 0 Å². The highest BCUT2D eigenvalue weighted by Gasteiger charge is 2.09. The van der Waals surface area contributed by atoms with E-state index in [9.17, 15) is 4.79 Å². The van der Waals surface area contributed by atoms with Gasteiger partial charge in [-0.1, -0.05) is 13.0 Å². The van der Waals surface area contributed by atoms with Crippen LogP contribution in [0.4, 0.5) is 5.82 Å². The molecule has 3 heterocycles. The van der Waals surface area contributed by atoms with Gasteiger partial charge in [0.15, 0.2) is 0 Å². The number of nitrogens with zero attached hydrogens (tertiary/aromatic N) is 3. The molecule has 0 aliphatic carbocycles. The van der Waals surface area contributed by atoms with Crippen molar-refractivity contribution in [2.75, 3.05) is 11.9 Å². The summed E-state index contributed by atoms with van der Waals surface area (Å²) in [5.41, 5.74) is 0.968. The van der Waals surface area contributed by atoms with Crippen LogP contribution in [0.25, 0.3) is 10.2 Å². The molecule has 0 fully saturated rings. The Morgan fingerprint density at radius 1 is 1.35 bits per heavy atom.